The number of hydrogen-bond acceptors (Lipinski definition) is 4. The average Bonchev–Trinajstić information content (AvgIpc) is 2.37. The van der Waals surface area contributed by atoms with Crippen LogP contribution in [0.15, 0.2) is 23.1 Å². The fourth-order valence-electron chi connectivity index (χ4n) is 2.09. The third-order valence-corrected chi connectivity index (χ3v) is 4.31. The molecule has 1 heterocycles. The van der Waals surface area contributed by atoms with Gasteiger partial charge in [-0.05, 0) is 37.0 Å². The van der Waals surface area contributed by atoms with Crippen molar-refractivity contribution in [2.75, 3.05) is 31.3 Å². The molecule has 1 aromatic carbocycles. The van der Waals surface area contributed by atoms with Crippen LogP contribution < -0.4 is 5.32 Å². The highest BCUT2D eigenvalue weighted by Crippen LogP contribution is 2.21. The zero-order chi connectivity index (χ0) is 13.9. The maximum atomic E-state index is 13.6. The molecule has 1 aromatic rings. The van der Waals surface area contributed by atoms with Crippen LogP contribution in [0.5, 0.6) is 0 Å². The van der Waals surface area contributed by atoms with Crippen molar-refractivity contribution in [3.05, 3.63) is 24.0 Å². The second-order valence-corrected chi connectivity index (χ2v) is 6.89. The average molecular weight is 287 g/mol. The zero-order valence-corrected chi connectivity index (χ0v) is 11.7. The van der Waals surface area contributed by atoms with E-state index in [1.54, 1.807) is 0 Å². The van der Waals surface area contributed by atoms with Gasteiger partial charge >= 0.3 is 0 Å². The number of ether oxygens (including phenoxy) is 1. The molecule has 0 saturated carbocycles. The normalized spacial score (nSPS) is 20.2. The molecule has 0 aliphatic carbocycles. The number of hydrogen-bond donors (Lipinski definition) is 1. The third kappa shape index (κ3) is 3.91. The topological polar surface area (TPSA) is 55.4 Å². The van der Waals surface area contributed by atoms with Gasteiger partial charge in [-0.1, -0.05) is 0 Å². The summed E-state index contributed by atoms with van der Waals surface area (Å²) in [4.78, 5) is 0.122. The zero-order valence-electron chi connectivity index (χ0n) is 10.9. The van der Waals surface area contributed by atoms with Crippen LogP contribution in [0.1, 0.15) is 12.8 Å². The van der Waals surface area contributed by atoms with E-state index in [0.717, 1.165) is 25.7 Å². The Morgan fingerprint density at radius 2 is 2.26 bits per heavy atom. The minimum Gasteiger partial charge on any atom is -0.382 e. The molecule has 6 heteroatoms. The number of anilines is 1. The highest BCUT2D eigenvalue weighted by Gasteiger charge is 2.15. The van der Waals surface area contributed by atoms with E-state index in [1.165, 1.54) is 18.2 Å². The van der Waals surface area contributed by atoms with Crippen LogP contribution in [-0.4, -0.2) is 34.4 Å². The van der Waals surface area contributed by atoms with E-state index < -0.39 is 15.7 Å². The first-order chi connectivity index (χ1) is 8.97. The van der Waals surface area contributed by atoms with Gasteiger partial charge in [0, 0.05) is 19.4 Å². The minimum absolute atomic E-state index is 0.122. The van der Waals surface area contributed by atoms with Crippen molar-refractivity contribution >= 4 is 15.5 Å². The van der Waals surface area contributed by atoms with Crippen molar-refractivity contribution in [2.45, 2.75) is 17.7 Å². The standard InChI is InChI=1S/C13H18FNO3S/c1-19(16,17)11-4-5-12(14)13(7-11)15-8-10-3-2-6-18-9-10/h4-5,7,10,15H,2-3,6,8-9H2,1H3. The Labute approximate surface area is 112 Å². The van der Waals surface area contributed by atoms with Gasteiger partial charge in [0.1, 0.15) is 5.82 Å². The van der Waals surface area contributed by atoms with Crippen molar-refractivity contribution in [1.29, 1.82) is 0 Å². The Bertz CT molecular complexity index is 539. The van der Waals surface area contributed by atoms with E-state index in [1.807, 2.05) is 0 Å². The molecule has 0 bridgehead atoms. The van der Waals surface area contributed by atoms with E-state index in [2.05, 4.69) is 5.32 Å². The molecule has 0 aromatic heterocycles. The molecule has 0 amide bonds. The predicted molar refractivity (Wildman–Crippen MR) is 71.5 cm³/mol. The highest BCUT2D eigenvalue weighted by atomic mass is 32.2. The molecule has 1 aliphatic rings. The fourth-order valence-corrected chi connectivity index (χ4v) is 2.74. The second kappa shape index (κ2) is 5.88. The van der Waals surface area contributed by atoms with Crippen molar-refractivity contribution in [1.82, 2.24) is 0 Å². The van der Waals surface area contributed by atoms with Gasteiger partial charge in [0.25, 0.3) is 0 Å². The summed E-state index contributed by atoms with van der Waals surface area (Å²) in [5, 5.41) is 2.98. The summed E-state index contributed by atoms with van der Waals surface area (Å²) in [6.45, 7) is 2.04. The van der Waals surface area contributed by atoms with Crippen LogP contribution in [0.3, 0.4) is 0 Å². The van der Waals surface area contributed by atoms with Gasteiger partial charge in [0.15, 0.2) is 9.84 Å². The van der Waals surface area contributed by atoms with E-state index in [0.29, 0.717) is 19.1 Å². The molecular formula is C13H18FNO3S. The van der Waals surface area contributed by atoms with E-state index in [9.17, 15) is 12.8 Å². The van der Waals surface area contributed by atoms with Crippen molar-refractivity contribution in [3.8, 4) is 0 Å². The summed E-state index contributed by atoms with van der Waals surface area (Å²) < 4.78 is 41.8. The fraction of sp³-hybridized carbons (Fsp3) is 0.538. The lowest BCUT2D eigenvalue weighted by Gasteiger charge is -2.22. The van der Waals surface area contributed by atoms with Crippen LogP contribution >= 0.6 is 0 Å². The molecular weight excluding hydrogens is 269 g/mol. The first-order valence-corrected chi connectivity index (χ1v) is 8.17. The predicted octanol–water partition coefficient (Wildman–Crippen LogP) is 2.07. The van der Waals surface area contributed by atoms with Gasteiger partial charge < -0.3 is 10.1 Å². The summed E-state index contributed by atoms with van der Waals surface area (Å²) in [7, 11) is -3.32. The smallest absolute Gasteiger partial charge is 0.175 e. The summed E-state index contributed by atoms with van der Waals surface area (Å²) in [5.41, 5.74) is 0.230. The minimum atomic E-state index is -3.32. The lowest BCUT2D eigenvalue weighted by Crippen LogP contribution is -2.24. The molecule has 4 nitrogen and oxygen atoms in total. The molecule has 1 aliphatic heterocycles. The van der Waals surface area contributed by atoms with Gasteiger partial charge in [0.2, 0.25) is 0 Å². The molecule has 2 rings (SSSR count). The van der Waals surface area contributed by atoms with Gasteiger partial charge in [-0.3, -0.25) is 0 Å². The van der Waals surface area contributed by atoms with E-state index in [-0.39, 0.29) is 10.6 Å². The molecule has 1 fully saturated rings. The Hall–Kier alpha value is -1.14. The third-order valence-electron chi connectivity index (χ3n) is 3.20. The van der Waals surface area contributed by atoms with Crippen molar-refractivity contribution < 1.29 is 17.5 Å². The van der Waals surface area contributed by atoms with E-state index in [4.69, 9.17) is 4.74 Å². The molecule has 1 N–H and O–H groups in total. The van der Waals surface area contributed by atoms with Gasteiger partial charge in [-0.25, -0.2) is 12.8 Å². The summed E-state index contributed by atoms with van der Waals surface area (Å²) >= 11 is 0. The maximum Gasteiger partial charge on any atom is 0.175 e. The van der Waals surface area contributed by atoms with Gasteiger partial charge in [-0.15, -0.1) is 0 Å². The van der Waals surface area contributed by atoms with Crippen LogP contribution in [0.25, 0.3) is 0 Å². The molecule has 1 atom stereocenters. The van der Waals surface area contributed by atoms with Crippen LogP contribution in [0, 0.1) is 11.7 Å². The Morgan fingerprint density at radius 1 is 1.47 bits per heavy atom. The van der Waals surface area contributed by atoms with Crippen LogP contribution in [0.4, 0.5) is 10.1 Å². The summed E-state index contributed by atoms with van der Waals surface area (Å²) in [6.07, 6.45) is 3.16. The van der Waals surface area contributed by atoms with Crippen LogP contribution in [-0.2, 0) is 14.6 Å². The summed E-state index contributed by atoms with van der Waals surface area (Å²) in [5.74, 6) is -0.0980. The monoisotopic (exact) mass is 287 g/mol. The number of benzene rings is 1. The molecule has 19 heavy (non-hydrogen) atoms. The lowest BCUT2D eigenvalue weighted by atomic mass is 10.0. The number of sulfone groups is 1. The Kier molecular flexibility index (Phi) is 4.42. The molecule has 0 spiro atoms. The van der Waals surface area contributed by atoms with Crippen molar-refractivity contribution in [3.63, 3.8) is 0 Å². The highest BCUT2D eigenvalue weighted by molar-refractivity contribution is 7.90. The molecule has 1 saturated heterocycles. The van der Waals surface area contributed by atoms with Crippen LogP contribution in [0.2, 0.25) is 0 Å². The van der Waals surface area contributed by atoms with Crippen molar-refractivity contribution in [2.24, 2.45) is 5.92 Å². The molecule has 106 valence electrons. The second-order valence-electron chi connectivity index (χ2n) is 4.88. The number of nitrogens with one attached hydrogen (secondary N) is 1. The molecule has 1 unspecified atom stereocenters. The lowest BCUT2D eigenvalue weighted by molar-refractivity contribution is 0.0595. The van der Waals surface area contributed by atoms with Gasteiger partial charge in [-0.2, -0.15) is 0 Å². The molecule has 0 radical (unpaired) electrons. The maximum absolute atomic E-state index is 13.6. The largest absolute Gasteiger partial charge is 0.382 e. The SMILES string of the molecule is CS(=O)(=O)c1ccc(F)c(NCC2CCCOC2)c1. The first kappa shape index (κ1) is 14.3. The Morgan fingerprint density at radius 3 is 2.89 bits per heavy atom. The number of rotatable bonds is 4. The quantitative estimate of drug-likeness (QED) is 0.861. The van der Waals surface area contributed by atoms with Gasteiger partial charge in [0.05, 0.1) is 17.2 Å². The number of halogens is 1. The first-order valence-electron chi connectivity index (χ1n) is 6.28. The summed E-state index contributed by atoms with van der Waals surface area (Å²) in [6, 6.07) is 3.80. The Balaban J connectivity index is 2.06. The van der Waals surface area contributed by atoms with E-state index >= 15 is 0 Å².